The zero-order valence-electron chi connectivity index (χ0n) is 9.72. The van der Waals surface area contributed by atoms with E-state index in [1.807, 2.05) is 0 Å². The van der Waals surface area contributed by atoms with Crippen molar-refractivity contribution < 1.29 is 13.5 Å². The molecule has 0 aromatic carbocycles. The Kier molecular flexibility index (Phi) is 3.22. The zero-order valence-corrected chi connectivity index (χ0v) is 11.3. The highest BCUT2D eigenvalue weighted by Crippen LogP contribution is 2.33. The maximum atomic E-state index is 11.4. The largest absolute Gasteiger partial charge is 0.391 e. The fourth-order valence-electron chi connectivity index (χ4n) is 2.53. The monoisotopic (exact) mass is 278 g/mol. The van der Waals surface area contributed by atoms with Crippen LogP contribution in [0.1, 0.15) is 36.7 Å². The number of aromatic nitrogens is 2. The summed E-state index contributed by atoms with van der Waals surface area (Å²) >= 11 is 0. The normalized spacial score (nSPS) is 25.4. The maximum Gasteiger partial charge on any atom is 0.264 e. The van der Waals surface area contributed by atoms with Gasteiger partial charge in [-0.2, -0.15) is 5.10 Å². The molecule has 1 aliphatic rings. The summed E-state index contributed by atoms with van der Waals surface area (Å²) in [5.41, 5.74) is 0.889. The van der Waals surface area contributed by atoms with Crippen LogP contribution in [0.3, 0.4) is 0 Å². The van der Waals surface area contributed by atoms with Crippen LogP contribution in [-0.4, -0.2) is 29.4 Å². The van der Waals surface area contributed by atoms with Gasteiger partial charge in [-0.1, -0.05) is 0 Å². The van der Waals surface area contributed by atoms with Crippen molar-refractivity contribution in [3.8, 4) is 0 Å². The lowest BCUT2D eigenvalue weighted by Crippen LogP contribution is -2.20. The summed E-state index contributed by atoms with van der Waals surface area (Å²) in [7, 11) is 1.60. The van der Waals surface area contributed by atoms with E-state index in [1.54, 1.807) is 18.5 Å². The predicted molar refractivity (Wildman–Crippen MR) is 63.6 cm³/mol. The van der Waals surface area contributed by atoms with Crippen molar-refractivity contribution in [2.45, 2.75) is 50.2 Å². The van der Waals surface area contributed by atoms with Gasteiger partial charge in [-0.3, -0.25) is 4.68 Å². The van der Waals surface area contributed by atoms with Crippen LogP contribution in [0.15, 0.2) is 4.90 Å². The molecule has 96 valence electrons. The minimum atomic E-state index is -3.78. The van der Waals surface area contributed by atoms with E-state index in [0.29, 0.717) is 11.4 Å². The van der Waals surface area contributed by atoms with Crippen LogP contribution >= 0.6 is 10.7 Å². The van der Waals surface area contributed by atoms with Gasteiger partial charge in [-0.05, 0) is 33.1 Å². The molecule has 1 fully saturated rings. The SMILES string of the molecule is Cc1nn(C2CCCC2O)c(C)c1S(=O)(=O)Cl. The lowest BCUT2D eigenvalue weighted by atomic mass is 10.2. The van der Waals surface area contributed by atoms with Gasteiger partial charge in [0.2, 0.25) is 0 Å². The van der Waals surface area contributed by atoms with Crippen molar-refractivity contribution in [1.29, 1.82) is 0 Å². The molecule has 1 aromatic heterocycles. The van der Waals surface area contributed by atoms with E-state index < -0.39 is 15.2 Å². The number of aliphatic hydroxyl groups is 1. The molecule has 1 N–H and O–H groups in total. The van der Waals surface area contributed by atoms with Crippen molar-refractivity contribution in [2.75, 3.05) is 0 Å². The Hall–Kier alpha value is -0.590. The molecule has 2 unspecified atom stereocenters. The molecule has 0 amide bonds. The fourth-order valence-corrected chi connectivity index (χ4v) is 4.04. The second-order valence-corrected chi connectivity index (χ2v) is 6.95. The van der Waals surface area contributed by atoms with Crippen molar-refractivity contribution in [2.24, 2.45) is 0 Å². The number of rotatable bonds is 2. The van der Waals surface area contributed by atoms with Gasteiger partial charge >= 0.3 is 0 Å². The van der Waals surface area contributed by atoms with Gasteiger partial charge < -0.3 is 5.11 Å². The van der Waals surface area contributed by atoms with E-state index in [9.17, 15) is 13.5 Å². The summed E-state index contributed by atoms with van der Waals surface area (Å²) < 4.78 is 24.5. The molecule has 1 saturated carbocycles. The first kappa shape index (κ1) is 12.9. The highest BCUT2D eigenvalue weighted by atomic mass is 35.7. The summed E-state index contributed by atoms with van der Waals surface area (Å²) in [6, 6.07) is -0.138. The third-order valence-electron chi connectivity index (χ3n) is 3.26. The zero-order chi connectivity index (χ0) is 12.8. The van der Waals surface area contributed by atoms with E-state index in [2.05, 4.69) is 5.10 Å². The first-order valence-corrected chi connectivity index (χ1v) is 7.81. The van der Waals surface area contributed by atoms with Crippen LogP contribution in [-0.2, 0) is 9.05 Å². The molecule has 1 aliphatic carbocycles. The molecule has 17 heavy (non-hydrogen) atoms. The number of nitrogens with zero attached hydrogens (tertiary/aromatic N) is 2. The molecule has 0 bridgehead atoms. The summed E-state index contributed by atoms with van der Waals surface area (Å²) in [5.74, 6) is 0. The van der Waals surface area contributed by atoms with Crippen LogP contribution in [0.4, 0.5) is 0 Å². The third kappa shape index (κ3) is 2.21. The lowest BCUT2D eigenvalue weighted by Gasteiger charge is -2.16. The van der Waals surface area contributed by atoms with E-state index in [-0.39, 0.29) is 10.9 Å². The number of aryl methyl sites for hydroxylation is 1. The molecule has 1 heterocycles. The molecule has 7 heteroatoms. The van der Waals surface area contributed by atoms with E-state index >= 15 is 0 Å². The minimum absolute atomic E-state index is 0.0678. The van der Waals surface area contributed by atoms with E-state index in [4.69, 9.17) is 10.7 Å². The number of hydrogen-bond donors (Lipinski definition) is 1. The Bertz CT molecular complexity index is 538. The number of hydrogen-bond acceptors (Lipinski definition) is 4. The molecule has 0 spiro atoms. The third-order valence-corrected chi connectivity index (χ3v) is 4.80. The highest BCUT2D eigenvalue weighted by Gasteiger charge is 2.32. The van der Waals surface area contributed by atoms with Gasteiger partial charge in [-0.25, -0.2) is 8.42 Å². The second-order valence-electron chi connectivity index (χ2n) is 4.45. The quantitative estimate of drug-likeness (QED) is 0.833. The Morgan fingerprint density at radius 2 is 2.06 bits per heavy atom. The van der Waals surface area contributed by atoms with Crippen LogP contribution < -0.4 is 0 Å². The van der Waals surface area contributed by atoms with Crippen LogP contribution in [0, 0.1) is 13.8 Å². The maximum absolute atomic E-state index is 11.4. The van der Waals surface area contributed by atoms with Crippen molar-refractivity contribution >= 4 is 19.7 Å². The van der Waals surface area contributed by atoms with E-state index in [1.165, 1.54) is 0 Å². The second kappa shape index (κ2) is 4.26. The van der Waals surface area contributed by atoms with Gasteiger partial charge in [0.1, 0.15) is 4.90 Å². The number of halogens is 1. The Morgan fingerprint density at radius 3 is 2.47 bits per heavy atom. The smallest absolute Gasteiger partial charge is 0.264 e. The van der Waals surface area contributed by atoms with Gasteiger partial charge in [-0.15, -0.1) is 0 Å². The van der Waals surface area contributed by atoms with Crippen LogP contribution in [0.5, 0.6) is 0 Å². The lowest BCUT2D eigenvalue weighted by molar-refractivity contribution is 0.129. The first-order chi connectivity index (χ1) is 7.82. The Labute approximate surface area is 105 Å². The predicted octanol–water partition coefficient (Wildman–Crippen LogP) is 1.51. The summed E-state index contributed by atoms with van der Waals surface area (Å²) in [4.78, 5) is 0.0678. The summed E-state index contributed by atoms with van der Waals surface area (Å²) in [6.07, 6.45) is 2.00. The van der Waals surface area contributed by atoms with Gasteiger partial charge in [0.15, 0.2) is 0 Å². The molecule has 0 aliphatic heterocycles. The van der Waals surface area contributed by atoms with Crippen LogP contribution in [0.2, 0.25) is 0 Å². The average Bonchev–Trinajstić information content (AvgIpc) is 2.69. The fraction of sp³-hybridized carbons (Fsp3) is 0.700. The summed E-state index contributed by atoms with van der Waals surface area (Å²) in [6.45, 7) is 3.28. The molecular formula is C10H15ClN2O3S. The molecular weight excluding hydrogens is 264 g/mol. The molecule has 5 nitrogen and oxygen atoms in total. The average molecular weight is 279 g/mol. The van der Waals surface area contributed by atoms with Crippen molar-refractivity contribution in [3.05, 3.63) is 11.4 Å². The molecule has 0 saturated heterocycles. The Morgan fingerprint density at radius 1 is 1.41 bits per heavy atom. The van der Waals surface area contributed by atoms with E-state index in [0.717, 1.165) is 19.3 Å². The topological polar surface area (TPSA) is 72.2 Å². The van der Waals surface area contributed by atoms with Gasteiger partial charge in [0.05, 0.1) is 23.5 Å². The standard InChI is InChI=1S/C10H15ClN2O3S/c1-6-10(17(11,15)16)7(2)13(12-6)8-4-3-5-9(8)14/h8-9,14H,3-5H2,1-2H3. The number of aliphatic hydroxyl groups excluding tert-OH is 1. The molecule has 2 rings (SSSR count). The minimum Gasteiger partial charge on any atom is -0.391 e. The highest BCUT2D eigenvalue weighted by molar-refractivity contribution is 8.13. The Balaban J connectivity index is 2.51. The van der Waals surface area contributed by atoms with Gasteiger partial charge in [0.25, 0.3) is 9.05 Å². The first-order valence-electron chi connectivity index (χ1n) is 5.51. The van der Waals surface area contributed by atoms with Crippen molar-refractivity contribution in [3.63, 3.8) is 0 Å². The molecule has 1 aromatic rings. The van der Waals surface area contributed by atoms with Crippen molar-refractivity contribution in [1.82, 2.24) is 9.78 Å². The van der Waals surface area contributed by atoms with Gasteiger partial charge in [0, 0.05) is 10.7 Å². The molecule has 0 radical (unpaired) electrons. The van der Waals surface area contributed by atoms with Crippen LogP contribution in [0.25, 0.3) is 0 Å². The summed E-state index contributed by atoms with van der Waals surface area (Å²) in [5, 5.41) is 14.0. The molecule has 2 atom stereocenters.